The number of ether oxygens (including phenoxy) is 1. The first-order valence-electron chi connectivity index (χ1n) is 7.13. The van der Waals surface area contributed by atoms with E-state index in [9.17, 15) is 9.59 Å². The van der Waals surface area contributed by atoms with Gasteiger partial charge in [0, 0.05) is 17.5 Å². The Hall–Kier alpha value is -2.47. The van der Waals surface area contributed by atoms with E-state index in [0.717, 1.165) is 16.1 Å². The highest BCUT2D eigenvalue weighted by atomic mass is 32.1. The number of rotatable bonds is 6. The van der Waals surface area contributed by atoms with E-state index in [-0.39, 0.29) is 11.6 Å². The quantitative estimate of drug-likeness (QED) is 0.653. The number of esters is 1. The number of thiazole rings is 1. The lowest BCUT2D eigenvalue weighted by atomic mass is 10.2. The molecule has 1 unspecified atom stereocenters. The van der Waals surface area contributed by atoms with Gasteiger partial charge in [-0.2, -0.15) is 0 Å². The molecule has 120 valence electrons. The summed E-state index contributed by atoms with van der Waals surface area (Å²) in [4.78, 5) is 28.0. The molecule has 23 heavy (non-hydrogen) atoms. The molecule has 0 saturated heterocycles. The van der Waals surface area contributed by atoms with Crippen molar-refractivity contribution < 1.29 is 14.3 Å². The Kier molecular flexibility index (Phi) is 5.65. The van der Waals surface area contributed by atoms with E-state index < -0.39 is 12.1 Å². The zero-order valence-electron chi connectivity index (χ0n) is 13.0. The van der Waals surface area contributed by atoms with Crippen LogP contribution in [0.15, 0.2) is 42.3 Å². The van der Waals surface area contributed by atoms with Gasteiger partial charge in [0.2, 0.25) is 0 Å². The number of hydrogen-bond acceptors (Lipinski definition) is 5. The third-order valence-electron chi connectivity index (χ3n) is 3.09. The van der Waals surface area contributed by atoms with Crippen molar-refractivity contribution >= 4 is 23.2 Å². The topological polar surface area (TPSA) is 68.3 Å². The fourth-order valence-electron chi connectivity index (χ4n) is 1.79. The minimum Gasteiger partial charge on any atom is -0.448 e. The van der Waals surface area contributed by atoms with Crippen LogP contribution in [0, 0.1) is 6.92 Å². The van der Waals surface area contributed by atoms with E-state index in [1.807, 2.05) is 31.2 Å². The smallest absolute Gasteiger partial charge is 0.358 e. The van der Waals surface area contributed by atoms with Gasteiger partial charge in [0.15, 0.2) is 11.8 Å². The van der Waals surface area contributed by atoms with Gasteiger partial charge in [-0.3, -0.25) is 4.79 Å². The number of aryl methyl sites for hydroxylation is 1. The Morgan fingerprint density at radius 2 is 2.09 bits per heavy atom. The predicted molar refractivity (Wildman–Crippen MR) is 90.4 cm³/mol. The maximum Gasteiger partial charge on any atom is 0.358 e. The highest BCUT2D eigenvalue weighted by Crippen LogP contribution is 2.24. The van der Waals surface area contributed by atoms with Crippen LogP contribution in [0.4, 0.5) is 0 Å². The Morgan fingerprint density at radius 3 is 2.74 bits per heavy atom. The molecular formula is C17H18N2O3S. The number of benzene rings is 1. The number of carbonyl (C=O) groups excluding carboxylic acids is 2. The lowest BCUT2D eigenvalue weighted by Gasteiger charge is -2.11. The predicted octanol–water partition coefficient (Wildman–Crippen LogP) is 2.97. The molecule has 0 aliphatic carbocycles. The molecule has 2 rings (SSSR count). The maximum absolute atomic E-state index is 12.1. The molecule has 1 aromatic heterocycles. The van der Waals surface area contributed by atoms with Crippen molar-refractivity contribution in [3.8, 4) is 10.6 Å². The molecule has 1 amide bonds. The zero-order chi connectivity index (χ0) is 16.8. The second kappa shape index (κ2) is 7.69. The average molecular weight is 330 g/mol. The van der Waals surface area contributed by atoms with E-state index in [4.69, 9.17) is 4.74 Å². The number of hydrogen-bond donors (Lipinski definition) is 1. The summed E-state index contributed by atoms with van der Waals surface area (Å²) in [6.45, 7) is 7.36. The number of nitrogens with zero attached hydrogens (tertiary/aromatic N) is 1. The molecule has 6 heteroatoms. The first kappa shape index (κ1) is 16.9. The fraction of sp³-hybridized carbons (Fsp3) is 0.235. The zero-order valence-corrected chi connectivity index (χ0v) is 13.9. The van der Waals surface area contributed by atoms with Gasteiger partial charge in [0.05, 0.1) is 0 Å². The van der Waals surface area contributed by atoms with Crippen molar-refractivity contribution in [3.63, 3.8) is 0 Å². The SMILES string of the molecule is C=CCNC(=O)C(C)OC(=O)c1csc(-c2ccc(C)cc2)n1. The lowest BCUT2D eigenvalue weighted by Crippen LogP contribution is -2.35. The summed E-state index contributed by atoms with van der Waals surface area (Å²) < 4.78 is 5.12. The standard InChI is InChI=1S/C17H18N2O3S/c1-4-9-18-15(20)12(3)22-17(21)14-10-23-16(19-14)13-7-5-11(2)6-8-13/h4-8,10,12H,1,9H2,2-3H3,(H,18,20). The number of aromatic nitrogens is 1. The van der Waals surface area contributed by atoms with Crippen molar-refractivity contribution in [3.05, 3.63) is 53.6 Å². The van der Waals surface area contributed by atoms with Gasteiger partial charge in [0.1, 0.15) is 5.01 Å². The van der Waals surface area contributed by atoms with Gasteiger partial charge in [-0.15, -0.1) is 17.9 Å². The van der Waals surface area contributed by atoms with Gasteiger partial charge < -0.3 is 10.1 Å². The Labute approximate surface area is 139 Å². The summed E-state index contributed by atoms with van der Waals surface area (Å²) in [5.41, 5.74) is 2.30. The van der Waals surface area contributed by atoms with Gasteiger partial charge in [-0.25, -0.2) is 9.78 Å². The van der Waals surface area contributed by atoms with Gasteiger partial charge >= 0.3 is 5.97 Å². The summed E-state index contributed by atoms with van der Waals surface area (Å²) in [6.07, 6.45) is 0.674. The van der Waals surface area contributed by atoms with Crippen LogP contribution in [0.1, 0.15) is 23.0 Å². The molecule has 1 N–H and O–H groups in total. The first-order valence-corrected chi connectivity index (χ1v) is 8.01. The molecule has 0 aliphatic rings. The summed E-state index contributed by atoms with van der Waals surface area (Å²) in [6, 6.07) is 7.88. The van der Waals surface area contributed by atoms with E-state index in [0.29, 0.717) is 6.54 Å². The van der Waals surface area contributed by atoms with Crippen molar-refractivity contribution in [1.29, 1.82) is 0 Å². The van der Waals surface area contributed by atoms with Gasteiger partial charge in [-0.05, 0) is 13.8 Å². The van der Waals surface area contributed by atoms with Crippen LogP contribution >= 0.6 is 11.3 Å². The first-order chi connectivity index (χ1) is 11.0. The van der Waals surface area contributed by atoms with Crippen LogP contribution in [-0.2, 0) is 9.53 Å². The average Bonchev–Trinajstić information content (AvgIpc) is 3.03. The molecule has 5 nitrogen and oxygen atoms in total. The van der Waals surface area contributed by atoms with E-state index in [1.54, 1.807) is 11.5 Å². The largest absolute Gasteiger partial charge is 0.448 e. The molecule has 0 saturated carbocycles. The molecule has 1 aromatic carbocycles. The molecule has 1 atom stereocenters. The monoisotopic (exact) mass is 330 g/mol. The second-order valence-corrected chi connectivity index (χ2v) is 5.84. The Morgan fingerprint density at radius 1 is 1.39 bits per heavy atom. The van der Waals surface area contributed by atoms with E-state index in [1.165, 1.54) is 18.3 Å². The molecular weight excluding hydrogens is 312 g/mol. The Balaban J connectivity index is 2.02. The molecule has 2 aromatic rings. The van der Waals surface area contributed by atoms with Crippen LogP contribution in [0.5, 0.6) is 0 Å². The minimum absolute atomic E-state index is 0.203. The highest BCUT2D eigenvalue weighted by Gasteiger charge is 2.20. The highest BCUT2D eigenvalue weighted by molar-refractivity contribution is 7.13. The van der Waals surface area contributed by atoms with Crippen molar-refractivity contribution in [1.82, 2.24) is 10.3 Å². The molecule has 0 fully saturated rings. The molecule has 1 heterocycles. The minimum atomic E-state index is -0.882. The van der Waals surface area contributed by atoms with Gasteiger partial charge in [0.25, 0.3) is 5.91 Å². The summed E-state index contributed by atoms with van der Waals surface area (Å²) in [5.74, 6) is -0.979. The molecule has 0 aliphatic heterocycles. The normalized spacial score (nSPS) is 11.6. The molecule has 0 bridgehead atoms. The maximum atomic E-state index is 12.1. The van der Waals surface area contributed by atoms with Crippen LogP contribution in [0.25, 0.3) is 10.6 Å². The van der Waals surface area contributed by atoms with Crippen LogP contribution in [0.2, 0.25) is 0 Å². The van der Waals surface area contributed by atoms with E-state index >= 15 is 0 Å². The summed E-state index contributed by atoms with van der Waals surface area (Å²) in [7, 11) is 0. The molecule has 0 radical (unpaired) electrons. The van der Waals surface area contributed by atoms with Crippen molar-refractivity contribution in [2.45, 2.75) is 20.0 Å². The van der Waals surface area contributed by atoms with E-state index in [2.05, 4.69) is 16.9 Å². The summed E-state index contributed by atoms with van der Waals surface area (Å²) >= 11 is 1.36. The van der Waals surface area contributed by atoms with Crippen LogP contribution in [-0.4, -0.2) is 29.5 Å². The van der Waals surface area contributed by atoms with Gasteiger partial charge in [-0.1, -0.05) is 35.9 Å². The summed E-state index contributed by atoms with van der Waals surface area (Å²) in [5, 5.41) is 4.94. The second-order valence-electron chi connectivity index (χ2n) is 4.99. The number of carbonyl (C=O) groups is 2. The number of nitrogens with one attached hydrogen (secondary N) is 1. The third kappa shape index (κ3) is 4.50. The van der Waals surface area contributed by atoms with Crippen molar-refractivity contribution in [2.24, 2.45) is 0 Å². The molecule has 0 spiro atoms. The van der Waals surface area contributed by atoms with Crippen LogP contribution in [0.3, 0.4) is 0 Å². The Bertz CT molecular complexity index is 707. The van der Waals surface area contributed by atoms with Crippen molar-refractivity contribution in [2.75, 3.05) is 6.54 Å². The fourth-order valence-corrected chi connectivity index (χ4v) is 2.58. The van der Waals surface area contributed by atoms with Crippen LogP contribution < -0.4 is 5.32 Å². The number of amides is 1. The third-order valence-corrected chi connectivity index (χ3v) is 3.98. The lowest BCUT2D eigenvalue weighted by molar-refractivity contribution is -0.128.